The summed E-state index contributed by atoms with van der Waals surface area (Å²) in [6.07, 6.45) is 7.46. The topological polar surface area (TPSA) is 32.8 Å². The Kier molecular flexibility index (Phi) is 7.95. The first-order valence-electron chi connectivity index (χ1n) is 10.4. The Morgan fingerprint density at radius 2 is 2.03 bits per heavy atom. The number of rotatable bonds is 9. The number of fused-ring (bicyclic) bond motifs is 1. The molecule has 0 saturated carbocycles. The fraction of sp³-hybridized carbons (Fsp3) is 0.320. The van der Waals surface area contributed by atoms with E-state index < -0.39 is 11.6 Å². The van der Waals surface area contributed by atoms with E-state index in [1.807, 2.05) is 37.4 Å². The normalized spacial score (nSPS) is 13.5. The van der Waals surface area contributed by atoms with Crippen LogP contribution in [-0.2, 0) is 17.6 Å². The predicted octanol–water partition coefficient (Wildman–Crippen LogP) is 4.54. The van der Waals surface area contributed by atoms with E-state index in [1.165, 1.54) is 12.1 Å². The largest absolute Gasteiger partial charge is 0.490 e. The van der Waals surface area contributed by atoms with Gasteiger partial charge >= 0.3 is 0 Å². The fourth-order valence-corrected chi connectivity index (χ4v) is 3.61. The maximum Gasteiger partial charge on any atom is 0.231 e. The summed E-state index contributed by atoms with van der Waals surface area (Å²) in [7, 11) is 2.02. The summed E-state index contributed by atoms with van der Waals surface area (Å²) in [5.74, 6) is -0.797. The van der Waals surface area contributed by atoms with Crippen LogP contribution in [0.15, 0.2) is 61.2 Å². The Labute approximate surface area is 182 Å². The van der Waals surface area contributed by atoms with Crippen molar-refractivity contribution in [2.75, 3.05) is 38.2 Å². The van der Waals surface area contributed by atoms with Gasteiger partial charge in [0, 0.05) is 31.4 Å². The maximum absolute atomic E-state index is 13.9. The number of carbonyl (C=O) groups is 1. The number of amides is 1. The van der Waals surface area contributed by atoms with Crippen LogP contribution in [-0.4, -0.2) is 44.1 Å². The van der Waals surface area contributed by atoms with Gasteiger partial charge in [-0.05, 0) is 55.3 Å². The first-order chi connectivity index (χ1) is 15.0. The molecular formula is C25H28F2N2O2. The van der Waals surface area contributed by atoms with Gasteiger partial charge in [-0.3, -0.25) is 9.69 Å². The van der Waals surface area contributed by atoms with Gasteiger partial charge in [-0.25, -0.2) is 8.78 Å². The van der Waals surface area contributed by atoms with Crippen LogP contribution < -0.4 is 9.64 Å². The summed E-state index contributed by atoms with van der Waals surface area (Å²) >= 11 is 0. The quantitative estimate of drug-likeness (QED) is 0.552. The molecule has 6 heteroatoms. The van der Waals surface area contributed by atoms with Gasteiger partial charge in [0.2, 0.25) is 5.91 Å². The first-order valence-corrected chi connectivity index (χ1v) is 10.4. The molecule has 0 saturated heterocycles. The number of ether oxygens (including phenoxy) is 1. The van der Waals surface area contributed by atoms with E-state index >= 15 is 0 Å². The zero-order valence-electron chi connectivity index (χ0n) is 17.8. The smallest absolute Gasteiger partial charge is 0.231 e. The van der Waals surface area contributed by atoms with Crippen molar-refractivity contribution in [1.29, 1.82) is 0 Å². The molecule has 0 aromatic heterocycles. The molecule has 0 aliphatic carbocycles. The van der Waals surface area contributed by atoms with Gasteiger partial charge in [0.25, 0.3) is 0 Å². The lowest BCUT2D eigenvalue weighted by Crippen LogP contribution is -2.36. The lowest BCUT2D eigenvalue weighted by Gasteiger charge is -2.30. The number of benzene rings is 2. The average molecular weight is 427 g/mol. The first kappa shape index (κ1) is 22.7. The summed E-state index contributed by atoms with van der Waals surface area (Å²) in [6.45, 7) is 6.42. The molecule has 0 fully saturated rings. The van der Waals surface area contributed by atoms with Crippen LogP contribution in [0.1, 0.15) is 17.5 Å². The third kappa shape index (κ3) is 6.25. The van der Waals surface area contributed by atoms with Crippen LogP contribution in [0.3, 0.4) is 0 Å². The van der Waals surface area contributed by atoms with Crippen molar-refractivity contribution in [1.82, 2.24) is 4.90 Å². The number of anilines is 1. The van der Waals surface area contributed by atoms with Crippen LogP contribution in [0.5, 0.6) is 5.75 Å². The highest BCUT2D eigenvalue weighted by molar-refractivity contribution is 5.96. The second-order valence-electron chi connectivity index (χ2n) is 7.64. The van der Waals surface area contributed by atoms with Crippen LogP contribution in [0, 0.1) is 11.6 Å². The Bertz CT molecular complexity index is 959. The molecule has 1 aliphatic heterocycles. The van der Waals surface area contributed by atoms with Gasteiger partial charge in [-0.15, -0.1) is 6.58 Å². The van der Waals surface area contributed by atoms with Crippen LogP contribution in [0.25, 0.3) is 0 Å². The van der Waals surface area contributed by atoms with Crippen molar-refractivity contribution < 1.29 is 18.3 Å². The molecule has 0 spiro atoms. The number of hydrogen-bond donors (Lipinski definition) is 0. The molecule has 0 unspecified atom stereocenters. The third-order valence-corrected chi connectivity index (χ3v) is 5.20. The molecule has 3 rings (SSSR count). The average Bonchev–Trinajstić information content (AvgIpc) is 2.75. The number of nitrogens with zero attached hydrogens (tertiary/aromatic N) is 2. The minimum Gasteiger partial charge on any atom is -0.490 e. The van der Waals surface area contributed by atoms with Crippen LogP contribution >= 0.6 is 0 Å². The monoisotopic (exact) mass is 426 g/mol. The number of halogens is 2. The van der Waals surface area contributed by atoms with Crippen molar-refractivity contribution >= 4 is 11.6 Å². The molecule has 0 bridgehead atoms. The zero-order valence-corrected chi connectivity index (χ0v) is 17.8. The highest BCUT2D eigenvalue weighted by Crippen LogP contribution is 2.31. The lowest BCUT2D eigenvalue weighted by atomic mass is 10.00. The SMILES string of the molecule is C=CCN(C)CC=CCOc1ccc2c(c1)CCCN2C(=O)Cc1ccc(F)cc1F. The van der Waals surface area contributed by atoms with Gasteiger partial charge < -0.3 is 9.64 Å². The third-order valence-electron chi connectivity index (χ3n) is 5.20. The van der Waals surface area contributed by atoms with E-state index in [0.29, 0.717) is 13.2 Å². The van der Waals surface area contributed by atoms with Crippen molar-refractivity contribution in [2.24, 2.45) is 0 Å². The molecule has 2 aromatic carbocycles. The lowest BCUT2D eigenvalue weighted by molar-refractivity contribution is -0.118. The highest BCUT2D eigenvalue weighted by Gasteiger charge is 2.24. The van der Waals surface area contributed by atoms with Crippen molar-refractivity contribution in [3.8, 4) is 5.75 Å². The Morgan fingerprint density at radius 3 is 2.81 bits per heavy atom. The Morgan fingerprint density at radius 1 is 1.19 bits per heavy atom. The number of carbonyl (C=O) groups excluding carboxylic acids is 1. The van der Waals surface area contributed by atoms with E-state index in [-0.39, 0.29) is 17.9 Å². The molecule has 2 aromatic rings. The van der Waals surface area contributed by atoms with E-state index in [4.69, 9.17) is 4.74 Å². The zero-order chi connectivity index (χ0) is 22.2. The molecule has 1 aliphatic rings. The van der Waals surface area contributed by atoms with Crippen LogP contribution in [0.2, 0.25) is 0 Å². The fourth-order valence-electron chi connectivity index (χ4n) is 3.61. The summed E-state index contributed by atoms with van der Waals surface area (Å²) < 4.78 is 32.9. The van der Waals surface area contributed by atoms with Gasteiger partial charge in [0.05, 0.1) is 6.42 Å². The summed E-state index contributed by atoms with van der Waals surface area (Å²) in [5.41, 5.74) is 2.06. The second-order valence-corrected chi connectivity index (χ2v) is 7.64. The van der Waals surface area contributed by atoms with E-state index in [2.05, 4.69) is 17.6 Å². The molecular weight excluding hydrogens is 398 g/mol. The van der Waals surface area contributed by atoms with Crippen molar-refractivity contribution in [3.05, 3.63) is 84.0 Å². The van der Waals surface area contributed by atoms with Gasteiger partial charge in [-0.2, -0.15) is 0 Å². The maximum atomic E-state index is 13.9. The number of hydrogen-bond acceptors (Lipinski definition) is 3. The molecule has 0 N–H and O–H groups in total. The molecule has 31 heavy (non-hydrogen) atoms. The molecule has 164 valence electrons. The van der Waals surface area contributed by atoms with E-state index in [1.54, 1.807) is 4.90 Å². The van der Waals surface area contributed by atoms with Crippen molar-refractivity contribution in [2.45, 2.75) is 19.3 Å². The summed E-state index contributed by atoms with van der Waals surface area (Å²) in [5, 5.41) is 0. The number of aryl methyl sites for hydroxylation is 1. The minimum absolute atomic E-state index is 0.102. The van der Waals surface area contributed by atoms with Gasteiger partial charge in [0.15, 0.2) is 0 Å². The summed E-state index contributed by atoms with van der Waals surface area (Å²) in [4.78, 5) is 16.6. The standard InChI is InChI=1S/C25H28F2N2O2/c1-3-12-28(2)13-4-5-15-31-22-10-11-24-20(16-22)7-6-14-29(24)25(30)17-19-8-9-21(26)18-23(19)27/h3-5,8-11,16,18H,1,6-7,12-15,17H2,2H3. The molecule has 4 nitrogen and oxygen atoms in total. The predicted molar refractivity (Wildman–Crippen MR) is 120 cm³/mol. The minimum atomic E-state index is -0.696. The van der Waals surface area contributed by atoms with Crippen molar-refractivity contribution in [3.63, 3.8) is 0 Å². The Balaban J connectivity index is 1.61. The molecule has 1 amide bonds. The van der Waals surface area contributed by atoms with Gasteiger partial charge in [-0.1, -0.05) is 24.3 Å². The number of likely N-dealkylation sites (N-methyl/N-ethyl adjacent to an activating group) is 1. The van der Waals surface area contributed by atoms with Crippen LogP contribution in [0.4, 0.5) is 14.5 Å². The summed E-state index contributed by atoms with van der Waals surface area (Å²) in [6, 6.07) is 9.00. The van der Waals surface area contributed by atoms with Gasteiger partial charge in [0.1, 0.15) is 24.0 Å². The van der Waals surface area contributed by atoms with E-state index in [9.17, 15) is 13.6 Å². The van der Waals surface area contributed by atoms with E-state index in [0.717, 1.165) is 49.0 Å². The molecule has 0 atom stereocenters. The highest BCUT2D eigenvalue weighted by atomic mass is 19.1. The second kappa shape index (κ2) is 10.9. The Hall–Kier alpha value is -2.99. The molecule has 1 heterocycles. The molecule has 0 radical (unpaired) electrons.